The van der Waals surface area contributed by atoms with E-state index in [0.29, 0.717) is 22.3 Å². The number of aliphatic imine (C=N–C) groups is 1. The van der Waals surface area contributed by atoms with Gasteiger partial charge in [-0.3, -0.25) is 9.69 Å². The van der Waals surface area contributed by atoms with Gasteiger partial charge in [-0.05, 0) is 47.0 Å². The number of pyridine rings is 1. The summed E-state index contributed by atoms with van der Waals surface area (Å²) < 4.78 is 47.9. The molecule has 0 radical (unpaired) electrons. The SMILES string of the molecule is COCCS(=O)(=O)Oc1cccc(C2(c3cccc(-c4ccc(F)nc4)c3)N=C(N)N(C)C2=O)c1. The Bertz CT molecular complexity index is 1400. The maximum atomic E-state index is 13.6. The van der Waals surface area contributed by atoms with Gasteiger partial charge in [0.15, 0.2) is 11.5 Å². The number of carbonyl (C=O) groups is 1. The molecule has 1 unspecified atom stereocenters. The van der Waals surface area contributed by atoms with Crippen LogP contribution in [0, 0.1) is 5.95 Å². The standard InChI is InChI=1S/C24H23FN4O5S/c1-29-22(30)24(28-23(29)26,18-6-3-5-16(13-18)17-9-10-21(25)27-15-17)19-7-4-8-20(14-19)34-35(31,32)12-11-33-2/h3-10,13-15H,11-12H2,1-2H3,(H2,26,28). The molecule has 0 aliphatic carbocycles. The number of benzene rings is 2. The van der Waals surface area contributed by atoms with Crippen LogP contribution in [0.5, 0.6) is 5.75 Å². The molecule has 1 atom stereocenters. The molecular formula is C24H23FN4O5S. The first-order chi connectivity index (χ1) is 16.7. The number of halogens is 1. The topological polar surface area (TPSA) is 124 Å². The number of methoxy groups -OCH3 is 1. The molecular weight excluding hydrogens is 475 g/mol. The van der Waals surface area contributed by atoms with Crippen LogP contribution in [0.25, 0.3) is 11.1 Å². The van der Waals surface area contributed by atoms with E-state index in [1.807, 2.05) is 0 Å². The molecule has 0 saturated carbocycles. The highest BCUT2D eigenvalue weighted by Crippen LogP contribution is 2.41. The molecule has 35 heavy (non-hydrogen) atoms. The lowest BCUT2D eigenvalue weighted by molar-refractivity contribution is -0.129. The van der Waals surface area contributed by atoms with Crippen LogP contribution in [0.3, 0.4) is 0 Å². The van der Waals surface area contributed by atoms with Crippen molar-refractivity contribution in [1.82, 2.24) is 9.88 Å². The van der Waals surface area contributed by atoms with E-state index in [2.05, 4.69) is 9.98 Å². The fraction of sp³-hybridized carbons (Fsp3) is 0.208. The van der Waals surface area contributed by atoms with Gasteiger partial charge in [0.1, 0.15) is 11.5 Å². The molecule has 182 valence electrons. The molecule has 1 amide bonds. The zero-order valence-electron chi connectivity index (χ0n) is 19.0. The highest BCUT2D eigenvalue weighted by atomic mass is 32.2. The van der Waals surface area contributed by atoms with Gasteiger partial charge < -0.3 is 14.7 Å². The highest BCUT2D eigenvalue weighted by Gasteiger charge is 2.49. The normalized spacial score (nSPS) is 18.0. The minimum atomic E-state index is -3.92. The summed E-state index contributed by atoms with van der Waals surface area (Å²) in [5.74, 6) is -1.34. The summed E-state index contributed by atoms with van der Waals surface area (Å²) in [6.45, 7) is -0.0267. The van der Waals surface area contributed by atoms with Crippen LogP contribution < -0.4 is 9.92 Å². The molecule has 9 nitrogen and oxygen atoms in total. The Morgan fingerprint density at radius 1 is 1.06 bits per heavy atom. The van der Waals surface area contributed by atoms with Crippen molar-refractivity contribution in [3.63, 3.8) is 0 Å². The van der Waals surface area contributed by atoms with E-state index < -0.39 is 27.5 Å². The van der Waals surface area contributed by atoms with Gasteiger partial charge in [0, 0.05) is 25.9 Å². The van der Waals surface area contributed by atoms with E-state index in [4.69, 9.17) is 14.7 Å². The first kappa shape index (κ1) is 24.3. The third-order valence-electron chi connectivity index (χ3n) is 5.59. The van der Waals surface area contributed by atoms with Gasteiger partial charge >= 0.3 is 10.1 Å². The van der Waals surface area contributed by atoms with E-state index in [0.717, 1.165) is 0 Å². The summed E-state index contributed by atoms with van der Waals surface area (Å²) in [6.07, 6.45) is 1.39. The van der Waals surface area contributed by atoms with Gasteiger partial charge in [0.25, 0.3) is 5.91 Å². The van der Waals surface area contributed by atoms with Gasteiger partial charge in [0.2, 0.25) is 5.95 Å². The zero-order valence-corrected chi connectivity index (χ0v) is 19.8. The smallest absolute Gasteiger partial charge is 0.311 e. The minimum absolute atomic E-state index is 0.00268. The van der Waals surface area contributed by atoms with Crippen LogP contribution in [0.1, 0.15) is 11.1 Å². The Hall–Kier alpha value is -3.83. The zero-order chi connectivity index (χ0) is 25.2. The van der Waals surface area contributed by atoms with Gasteiger partial charge in [0.05, 0.1) is 6.61 Å². The van der Waals surface area contributed by atoms with Crippen molar-refractivity contribution in [2.45, 2.75) is 5.54 Å². The fourth-order valence-electron chi connectivity index (χ4n) is 3.80. The minimum Gasteiger partial charge on any atom is -0.383 e. The summed E-state index contributed by atoms with van der Waals surface area (Å²) in [4.78, 5) is 23.0. The predicted octanol–water partition coefficient (Wildman–Crippen LogP) is 2.27. The van der Waals surface area contributed by atoms with Crippen LogP contribution in [0.4, 0.5) is 4.39 Å². The molecule has 2 heterocycles. The molecule has 0 spiro atoms. The second-order valence-corrected chi connectivity index (χ2v) is 9.55. The second-order valence-electron chi connectivity index (χ2n) is 7.86. The number of hydrogen-bond donors (Lipinski definition) is 1. The molecule has 1 aromatic heterocycles. The van der Waals surface area contributed by atoms with Gasteiger partial charge in [-0.2, -0.15) is 12.8 Å². The Labute approximate surface area is 202 Å². The van der Waals surface area contributed by atoms with Gasteiger partial charge in [-0.1, -0.05) is 30.3 Å². The Morgan fingerprint density at radius 3 is 2.40 bits per heavy atom. The van der Waals surface area contributed by atoms with Gasteiger partial charge in [-0.15, -0.1) is 0 Å². The highest BCUT2D eigenvalue weighted by molar-refractivity contribution is 7.87. The predicted molar refractivity (Wildman–Crippen MR) is 128 cm³/mol. The number of nitrogens with zero attached hydrogens (tertiary/aromatic N) is 3. The third-order valence-corrected chi connectivity index (χ3v) is 6.71. The van der Waals surface area contributed by atoms with Crippen LogP contribution >= 0.6 is 0 Å². The molecule has 0 fully saturated rings. The van der Waals surface area contributed by atoms with Crippen LogP contribution in [-0.2, 0) is 25.2 Å². The summed E-state index contributed by atoms with van der Waals surface area (Å²) >= 11 is 0. The molecule has 11 heteroatoms. The molecule has 3 aromatic rings. The van der Waals surface area contributed by atoms with Crippen molar-refractivity contribution >= 4 is 22.0 Å². The maximum absolute atomic E-state index is 13.6. The van der Waals surface area contributed by atoms with Crippen LogP contribution in [0.2, 0.25) is 0 Å². The Morgan fingerprint density at radius 2 is 1.77 bits per heavy atom. The summed E-state index contributed by atoms with van der Waals surface area (Å²) in [6, 6.07) is 16.0. The lowest BCUT2D eigenvalue weighted by Crippen LogP contribution is -2.41. The number of ether oxygens (including phenoxy) is 1. The van der Waals surface area contributed by atoms with Crippen molar-refractivity contribution in [2.75, 3.05) is 26.5 Å². The maximum Gasteiger partial charge on any atom is 0.311 e. The third kappa shape index (κ3) is 4.73. The molecule has 2 N–H and O–H groups in total. The quantitative estimate of drug-likeness (QED) is 0.373. The summed E-state index contributed by atoms with van der Waals surface area (Å²) in [5, 5.41) is 0. The van der Waals surface area contributed by atoms with Crippen molar-refractivity contribution in [1.29, 1.82) is 0 Å². The average Bonchev–Trinajstić information content (AvgIpc) is 3.08. The lowest BCUT2D eigenvalue weighted by atomic mass is 9.81. The lowest BCUT2D eigenvalue weighted by Gasteiger charge is -2.27. The first-order valence-electron chi connectivity index (χ1n) is 10.5. The van der Waals surface area contributed by atoms with Gasteiger partial charge in [-0.25, -0.2) is 9.98 Å². The molecule has 0 saturated heterocycles. The van der Waals surface area contributed by atoms with E-state index in [1.165, 1.54) is 43.5 Å². The monoisotopic (exact) mass is 498 g/mol. The number of rotatable bonds is 8. The molecule has 2 aromatic carbocycles. The second kappa shape index (κ2) is 9.43. The molecule has 1 aliphatic heterocycles. The van der Waals surface area contributed by atoms with Crippen molar-refractivity contribution in [2.24, 2.45) is 10.7 Å². The fourth-order valence-corrected chi connectivity index (χ4v) is 4.65. The van der Waals surface area contributed by atoms with Crippen molar-refractivity contribution < 1.29 is 26.5 Å². The average molecular weight is 499 g/mol. The van der Waals surface area contributed by atoms with Crippen molar-refractivity contribution in [3.8, 4) is 16.9 Å². The number of guanidine groups is 1. The van der Waals surface area contributed by atoms with E-state index in [9.17, 15) is 17.6 Å². The number of nitrogens with two attached hydrogens (primary N) is 1. The summed E-state index contributed by atoms with van der Waals surface area (Å²) in [7, 11) is -1.03. The first-order valence-corrected chi connectivity index (χ1v) is 12.1. The number of aromatic nitrogens is 1. The van der Waals surface area contributed by atoms with Crippen LogP contribution in [-0.4, -0.2) is 56.7 Å². The molecule has 4 rings (SSSR count). The van der Waals surface area contributed by atoms with E-state index in [-0.39, 0.29) is 24.1 Å². The van der Waals surface area contributed by atoms with Crippen LogP contribution in [0.15, 0.2) is 71.9 Å². The molecule has 0 bridgehead atoms. The van der Waals surface area contributed by atoms with Crippen molar-refractivity contribution in [3.05, 3.63) is 83.9 Å². The van der Waals surface area contributed by atoms with E-state index >= 15 is 0 Å². The number of likely N-dealkylation sites (N-methyl/N-ethyl adjacent to an activating group) is 1. The number of hydrogen-bond acceptors (Lipinski definition) is 8. The van der Waals surface area contributed by atoms with E-state index in [1.54, 1.807) is 42.5 Å². The summed E-state index contributed by atoms with van der Waals surface area (Å²) in [5.41, 5.74) is 6.62. The Balaban J connectivity index is 1.83. The largest absolute Gasteiger partial charge is 0.383 e. The number of amides is 1. The Kier molecular flexibility index (Phi) is 6.55. The number of carbonyl (C=O) groups excluding carboxylic acids is 1. The molecule has 1 aliphatic rings.